The van der Waals surface area contributed by atoms with Crippen LogP contribution in [0.5, 0.6) is 0 Å². The standard InChI is InChI=1S/C13H12N4O2S/c1-8-7-20-11(15-8)6-17-12(18)9(5-14)10-3-2-4-16(10)13(17)19/h7H,2-4,6H2,1H3. The Balaban J connectivity index is 2.19. The molecular weight excluding hydrogens is 276 g/mol. The molecule has 0 N–H and O–H groups in total. The summed E-state index contributed by atoms with van der Waals surface area (Å²) in [4.78, 5) is 28.9. The summed E-state index contributed by atoms with van der Waals surface area (Å²) in [5, 5.41) is 11.7. The summed E-state index contributed by atoms with van der Waals surface area (Å²) in [6, 6.07) is 1.94. The number of aryl methyl sites for hydroxylation is 1. The highest BCUT2D eigenvalue weighted by Crippen LogP contribution is 2.14. The molecule has 0 saturated carbocycles. The van der Waals surface area contributed by atoms with E-state index in [4.69, 9.17) is 0 Å². The van der Waals surface area contributed by atoms with Crippen molar-refractivity contribution in [2.45, 2.75) is 32.9 Å². The lowest BCUT2D eigenvalue weighted by Crippen LogP contribution is -2.41. The Bertz CT molecular complexity index is 838. The first-order valence-electron chi connectivity index (χ1n) is 6.29. The highest BCUT2D eigenvalue weighted by molar-refractivity contribution is 7.09. The van der Waals surface area contributed by atoms with Crippen molar-refractivity contribution in [3.63, 3.8) is 0 Å². The molecule has 0 amide bonds. The summed E-state index contributed by atoms with van der Waals surface area (Å²) in [7, 11) is 0. The molecule has 3 rings (SSSR count). The summed E-state index contributed by atoms with van der Waals surface area (Å²) in [6.07, 6.45) is 1.41. The first kappa shape index (κ1) is 12.8. The van der Waals surface area contributed by atoms with E-state index < -0.39 is 5.56 Å². The van der Waals surface area contributed by atoms with E-state index in [0.29, 0.717) is 23.7 Å². The Morgan fingerprint density at radius 1 is 1.50 bits per heavy atom. The molecule has 0 saturated heterocycles. The van der Waals surface area contributed by atoms with Crippen LogP contribution in [0.15, 0.2) is 15.0 Å². The van der Waals surface area contributed by atoms with Gasteiger partial charge in [-0.2, -0.15) is 5.26 Å². The van der Waals surface area contributed by atoms with Crippen LogP contribution in [-0.4, -0.2) is 14.1 Å². The van der Waals surface area contributed by atoms with Gasteiger partial charge in [-0.3, -0.25) is 13.9 Å². The van der Waals surface area contributed by atoms with Gasteiger partial charge in [-0.05, 0) is 19.8 Å². The van der Waals surface area contributed by atoms with Gasteiger partial charge in [-0.15, -0.1) is 11.3 Å². The molecule has 0 fully saturated rings. The third-order valence-corrected chi connectivity index (χ3v) is 4.35. The maximum absolute atomic E-state index is 12.4. The second-order valence-corrected chi connectivity index (χ2v) is 5.69. The number of thiazole rings is 1. The van der Waals surface area contributed by atoms with Crippen molar-refractivity contribution in [3.8, 4) is 6.07 Å². The molecule has 6 nitrogen and oxygen atoms in total. The van der Waals surface area contributed by atoms with Crippen LogP contribution < -0.4 is 11.2 Å². The Kier molecular flexibility index (Phi) is 3.03. The molecule has 0 aromatic carbocycles. The van der Waals surface area contributed by atoms with Gasteiger partial charge in [0.2, 0.25) is 0 Å². The van der Waals surface area contributed by atoms with E-state index >= 15 is 0 Å². The molecule has 1 aliphatic heterocycles. The zero-order valence-corrected chi connectivity index (χ0v) is 11.7. The number of nitrogens with zero attached hydrogens (tertiary/aromatic N) is 4. The van der Waals surface area contributed by atoms with Gasteiger partial charge in [-0.25, -0.2) is 9.78 Å². The lowest BCUT2D eigenvalue weighted by molar-refractivity contribution is 0.600. The van der Waals surface area contributed by atoms with Gasteiger partial charge < -0.3 is 0 Å². The average Bonchev–Trinajstić information content (AvgIpc) is 3.04. The predicted octanol–water partition coefficient (Wildman–Crippen LogP) is 0.641. The van der Waals surface area contributed by atoms with Crippen LogP contribution in [0.25, 0.3) is 0 Å². The van der Waals surface area contributed by atoms with Crippen molar-refractivity contribution in [3.05, 3.63) is 48.2 Å². The zero-order valence-electron chi connectivity index (χ0n) is 10.9. The normalized spacial score (nSPS) is 13.2. The molecule has 102 valence electrons. The Morgan fingerprint density at radius 2 is 2.30 bits per heavy atom. The lowest BCUT2D eigenvalue weighted by Gasteiger charge is -2.09. The van der Waals surface area contributed by atoms with Gasteiger partial charge in [0, 0.05) is 23.3 Å². The molecule has 2 aromatic heterocycles. The minimum absolute atomic E-state index is 0.0929. The molecule has 0 bridgehead atoms. The van der Waals surface area contributed by atoms with E-state index in [9.17, 15) is 14.9 Å². The SMILES string of the molecule is Cc1csc(Cn2c(=O)c(C#N)c3n(c2=O)CCC3)n1. The van der Waals surface area contributed by atoms with Gasteiger partial charge >= 0.3 is 5.69 Å². The van der Waals surface area contributed by atoms with Crippen LogP contribution in [0, 0.1) is 18.3 Å². The highest BCUT2D eigenvalue weighted by atomic mass is 32.1. The van der Waals surface area contributed by atoms with Crippen molar-refractivity contribution in [2.24, 2.45) is 0 Å². The van der Waals surface area contributed by atoms with Crippen LogP contribution in [0.4, 0.5) is 0 Å². The maximum atomic E-state index is 12.4. The molecule has 3 heterocycles. The molecule has 1 aliphatic rings. The van der Waals surface area contributed by atoms with Crippen LogP contribution in [-0.2, 0) is 19.5 Å². The number of hydrogen-bond donors (Lipinski definition) is 0. The molecular formula is C13H12N4O2S. The fourth-order valence-corrected chi connectivity index (χ4v) is 3.26. The minimum Gasteiger partial charge on any atom is -0.296 e. The number of hydrogen-bond acceptors (Lipinski definition) is 5. The summed E-state index contributed by atoms with van der Waals surface area (Å²) in [5.41, 5.74) is 0.692. The lowest BCUT2D eigenvalue weighted by atomic mass is 10.2. The summed E-state index contributed by atoms with van der Waals surface area (Å²) >= 11 is 1.41. The molecule has 0 radical (unpaired) electrons. The largest absolute Gasteiger partial charge is 0.331 e. The molecule has 20 heavy (non-hydrogen) atoms. The molecule has 7 heteroatoms. The van der Waals surface area contributed by atoms with Crippen molar-refractivity contribution >= 4 is 11.3 Å². The van der Waals surface area contributed by atoms with Gasteiger partial charge in [0.25, 0.3) is 5.56 Å². The van der Waals surface area contributed by atoms with Crippen molar-refractivity contribution in [1.82, 2.24) is 14.1 Å². The smallest absolute Gasteiger partial charge is 0.296 e. The fourth-order valence-electron chi connectivity index (χ4n) is 2.50. The van der Waals surface area contributed by atoms with Crippen LogP contribution in [0.3, 0.4) is 0 Å². The topological polar surface area (TPSA) is 80.7 Å². The van der Waals surface area contributed by atoms with Gasteiger partial charge in [0.15, 0.2) is 0 Å². The number of nitriles is 1. The monoisotopic (exact) mass is 288 g/mol. The Hall–Kier alpha value is -2.20. The van der Waals surface area contributed by atoms with Crippen molar-refractivity contribution < 1.29 is 0 Å². The Labute approximate surface area is 118 Å². The second-order valence-electron chi connectivity index (χ2n) is 4.75. The maximum Gasteiger partial charge on any atom is 0.331 e. The quantitative estimate of drug-likeness (QED) is 0.812. The highest BCUT2D eigenvalue weighted by Gasteiger charge is 2.22. The number of aromatic nitrogens is 3. The number of fused-ring (bicyclic) bond motifs is 1. The third kappa shape index (κ3) is 1.89. The Morgan fingerprint density at radius 3 is 2.95 bits per heavy atom. The van der Waals surface area contributed by atoms with Crippen LogP contribution in [0.2, 0.25) is 0 Å². The summed E-state index contributed by atoms with van der Waals surface area (Å²) in [5.74, 6) is 0. The summed E-state index contributed by atoms with van der Waals surface area (Å²) in [6.45, 7) is 2.56. The first-order valence-corrected chi connectivity index (χ1v) is 7.17. The van der Waals surface area contributed by atoms with E-state index in [1.807, 2.05) is 18.4 Å². The van der Waals surface area contributed by atoms with Crippen molar-refractivity contribution in [2.75, 3.05) is 0 Å². The first-order chi connectivity index (χ1) is 9.61. The van der Waals surface area contributed by atoms with E-state index in [1.165, 1.54) is 11.3 Å². The van der Waals surface area contributed by atoms with E-state index in [-0.39, 0.29) is 17.8 Å². The van der Waals surface area contributed by atoms with E-state index in [0.717, 1.165) is 16.7 Å². The zero-order chi connectivity index (χ0) is 14.3. The fraction of sp³-hybridized carbons (Fsp3) is 0.385. The van der Waals surface area contributed by atoms with E-state index in [2.05, 4.69) is 4.98 Å². The second kappa shape index (κ2) is 4.72. The van der Waals surface area contributed by atoms with Crippen LogP contribution >= 0.6 is 11.3 Å². The average molecular weight is 288 g/mol. The van der Waals surface area contributed by atoms with E-state index in [1.54, 1.807) is 4.57 Å². The van der Waals surface area contributed by atoms with Gasteiger partial charge in [0.1, 0.15) is 16.6 Å². The van der Waals surface area contributed by atoms with Gasteiger partial charge in [0.05, 0.1) is 6.54 Å². The molecule has 2 aromatic rings. The van der Waals surface area contributed by atoms with Crippen LogP contribution in [0.1, 0.15) is 28.4 Å². The van der Waals surface area contributed by atoms with Crippen molar-refractivity contribution in [1.29, 1.82) is 5.26 Å². The molecule has 0 atom stereocenters. The molecule has 0 aliphatic carbocycles. The molecule has 0 spiro atoms. The third-order valence-electron chi connectivity index (χ3n) is 3.40. The number of rotatable bonds is 2. The molecule has 0 unspecified atom stereocenters. The predicted molar refractivity (Wildman–Crippen MR) is 74.0 cm³/mol. The minimum atomic E-state index is -0.501. The van der Waals surface area contributed by atoms with Gasteiger partial charge in [-0.1, -0.05) is 0 Å². The summed E-state index contributed by atoms with van der Waals surface area (Å²) < 4.78 is 2.66.